The van der Waals surface area contributed by atoms with E-state index in [-0.39, 0.29) is 0 Å². The monoisotopic (exact) mass is 280 g/mol. The van der Waals surface area contributed by atoms with Crippen molar-refractivity contribution in [3.8, 4) is 5.75 Å². The number of benzene rings is 1. The van der Waals surface area contributed by atoms with Gasteiger partial charge in [-0.05, 0) is 35.4 Å². The highest BCUT2D eigenvalue weighted by molar-refractivity contribution is 7.98. The normalized spacial score (nSPS) is 11.2. The first-order chi connectivity index (χ1) is 9.02. The fraction of sp³-hybridized carbons (Fsp3) is 0.400. The Morgan fingerprint density at radius 3 is 2.79 bits per heavy atom. The average molecular weight is 280 g/mol. The number of hydrogen-bond donors (Lipinski definition) is 1. The van der Waals surface area contributed by atoms with E-state index < -0.39 is 5.97 Å². The fourth-order valence-electron chi connectivity index (χ4n) is 1.58. The van der Waals surface area contributed by atoms with Crippen LogP contribution in [0.15, 0.2) is 24.3 Å². The summed E-state index contributed by atoms with van der Waals surface area (Å²) in [5.41, 5.74) is 1.98. The highest BCUT2D eigenvalue weighted by Crippen LogP contribution is 2.24. The summed E-state index contributed by atoms with van der Waals surface area (Å²) in [6, 6.07) is 5.88. The molecule has 0 saturated carbocycles. The quantitative estimate of drug-likeness (QED) is 0.774. The zero-order valence-corrected chi connectivity index (χ0v) is 12.4. The van der Waals surface area contributed by atoms with Gasteiger partial charge >= 0.3 is 5.97 Å². The molecule has 0 heterocycles. The maximum absolute atomic E-state index is 10.6. The number of ether oxygens (including phenoxy) is 1. The molecule has 0 saturated heterocycles. The molecule has 3 nitrogen and oxygen atoms in total. The van der Waals surface area contributed by atoms with Gasteiger partial charge in [0.15, 0.2) is 0 Å². The maximum Gasteiger partial charge on any atom is 0.328 e. The van der Waals surface area contributed by atoms with Crippen molar-refractivity contribution in [1.82, 2.24) is 0 Å². The summed E-state index contributed by atoms with van der Waals surface area (Å²) in [5.74, 6) is 2.45. The van der Waals surface area contributed by atoms with Crippen molar-refractivity contribution in [3.63, 3.8) is 0 Å². The van der Waals surface area contributed by atoms with Crippen LogP contribution in [0.2, 0.25) is 0 Å². The second-order valence-electron chi connectivity index (χ2n) is 4.66. The molecular formula is C15H20O3S. The fourth-order valence-corrected chi connectivity index (χ4v) is 2.58. The zero-order chi connectivity index (χ0) is 14.3. The van der Waals surface area contributed by atoms with Crippen LogP contribution in [0, 0.1) is 5.92 Å². The van der Waals surface area contributed by atoms with E-state index in [2.05, 4.69) is 13.8 Å². The predicted molar refractivity (Wildman–Crippen MR) is 80.7 cm³/mol. The second-order valence-corrected chi connectivity index (χ2v) is 5.69. The van der Waals surface area contributed by atoms with Crippen LogP contribution >= 0.6 is 11.8 Å². The van der Waals surface area contributed by atoms with Gasteiger partial charge in [0, 0.05) is 17.4 Å². The van der Waals surface area contributed by atoms with Gasteiger partial charge in [-0.3, -0.25) is 0 Å². The first-order valence-electron chi connectivity index (χ1n) is 6.18. The summed E-state index contributed by atoms with van der Waals surface area (Å²) in [7, 11) is 1.58. The SMILES string of the molecule is COc1ccc(CSCC(C)C)cc1/C=C/C(=O)O. The van der Waals surface area contributed by atoms with Crippen molar-refractivity contribution in [2.45, 2.75) is 19.6 Å². The van der Waals surface area contributed by atoms with Gasteiger partial charge in [-0.1, -0.05) is 19.9 Å². The van der Waals surface area contributed by atoms with Gasteiger partial charge in [-0.15, -0.1) is 0 Å². The molecule has 1 rings (SSSR count). The van der Waals surface area contributed by atoms with Crippen LogP contribution < -0.4 is 4.74 Å². The van der Waals surface area contributed by atoms with Crippen LogP contribution in [0.1, 0.15) is 25.0 Å². The molecule has 1 N–H and O–H groups in total. The lowest BCUT2D eigenvalue weighted by atomic mass is 10.1. The number of methoxy groups -OCH3 is 1. The molecule has 1 aromatic rings. The molecule has 0 radical (unpaired) electrons. The Bertz CT molecular complexity index is 453. The van der Waals surface area contributed by atoms with Crippen molar-refractivity contribution in [1.29, 1.82) is 0 Å². The Morgan fingerprint density at radius 1 is 1.47 bits per heavy atom. The third kappa shape index (κ3) is 5.83. The van der Waals surface area contributed by atoms with Crippen molar-refractivity contribution in [3.05, 3.63) is 35.4 Å². The first-order valence-corrected chi connectivity index (χ1v) is 7.34. The minimum atomic E-state index is -0.957. The highest BCUT2D eigenvalue weighted by atomic mass is 32.2. The molecule has 104 valence electrons. The largest absolute Gasteiger partial charge is 0.496 e. The Morgan fingerprint density at radius 2 is 2.21 bits per heavy atom. The maximum atomic E-state index is 10.6. The molecule has 0 aliphatic rings. The van der Waals surface area contributed by atoms with Gasteiger partial charge in [0.2, 0.25) is 0 Å². The van der Waals surface area contributed by atoms with Gasteiger partial charge < -0.3 is 9.84 Å². The van der Waals surface area contributed by atoms with Gasteiger partial charge in [-0.2, -0.15) is 11.8 Å². The summed E-state index contributed by atoms with van der Waals surface area (Å²) < 4.78 is 5.22. The Kier molecular flexibility index (Phi) is 6.50. The van der Waals surface area contributed by atoms with Gasteiger partial charge in [0.05, 0.1) is 7.11 Å². The van der Waals surface area contributed by atoms with Crippen molar-refractivity contribution in [2.75, 3.05) is 12.9 Å². The summed E-state index contributed by atoms with van der Waals surface area (Å²) in [4.78, 5) is 10.6. The third-order valence-corrected chi connectivity index (χ3v) is 3.86. The van der Waals surface area contributed by atoms with E-state index in [1.165, 1.54) is 5.56 Å². The van der Waals surface area contributed by atoms with Crippen LogP contribution in [-0.4, -0.2) is 23.9 Å². The molecule has 0 unspecified atom stereocenters. The van der Waals surface area contributed by atoms with Crippen LogP contribution in [0.25, 0.3) is 6.08 Å². The molecule has 0 fully saturated rings. The van der Waals surface area contributed by atoms with E-state index in [1.54, 1.807) is 13.2 Å². The Balaban J connectivity index is 2.79. The topological polar surface area (TPSA) is 46.5 Å². The number of carbonyl (C=O) groups is 1. The number of carboxylic acid groups (broad SMARTS) is 1. The highest BCUT2D eigenvalue weighted by Gasteiger charge is 2.03. The van der Waals surface area contributed by atoms with Crippen LogP contribution in [0.4, 0.5) is 0 Å². The molecule has 19 heavy (non-hydrogen) atoms. The lowest BCUT2D eigenvalue weighted by molar-refractivity contribution is -0.131. The average Bonchev–Trinajstić information content (AvgIpc) is 2.36. The predicted octanol–water partition coefficient (Wildman–Crippen LogP) is 3.68. The molecular weight excluding hydrogens is 260 g/mol. The summed E-state index contributed by atoms with van der Waals surface area (Å²) in [5, 5.41) is 8.68. The van der Waals surface area contributed by atoms with Crippen molar-refractivity contribution in [2.24, 2.45) is 5.92 Å². The molecule has 0 spiro atoms. The molecule has 1 aromatic carbocycles. The van der Waals surface area contributed by atoms with E-state index in [0.717, 1.165) is 23.1 Å². The molecule has 0 atom stereocenters. The van der Waals surface area contributed by atoms with Crippen LogP contribution in [0.5, 0.6) is 5.75 Å². The number of hydrogen-bond acceptors (Lipinski definition) is 3. The van der Waals surface area contributed by atoms with Crippen LogP contribution in [-0.2, 0) is 10.5 Å². The number of aliphatic carboxylic acids is 1. The summed E-state index contributed by atoms with van der Waals surface area (Å²) in [6.07, 6.45) is 2.70. The van der Waals surface area contributed by atoms with Crippen molar-refractivity contribution >= 4 is 23.8 Å². The Hall–Kier alpha value is -1.42. The standard InChI is InChI=1S/C15H20O3S/c1-11(2)9-19-10-12-4-6-14(18-3)13(8-12)5-7-15(16)17/h4-8,11H,9-10H2,1-3H3,(H,16,17)/b7-5+. The third-order valence-electron chi connectivity index (χ3n) is 2.42. The minimum Gasteiger partial charge on any atom is -0.496 e. The molecule has 0 bridgehead atoms. The first kappa shape index (κ1) is 15.6. The van der Waals surface area contributed by atoms with Gasteiger partial charge in [0.25, 0.3) is 0 Å². The minimum absolute atomic E-state index is 0.676. The Labute approximate surface area is 118 Å². The van der Waals surface area contributed by atoms with E-state index in [0.29, 0.717) is 11.7 Å². The van der Waals surface area contributed by atoms with E-state index in [9.17, 15) is 4.79 Å². The molecule has 0 amide bonds. The van der Waals surface area contributed by atoms with Crippen LogP contribution in [0.3, 0.4) is 0 Å². The zero-order valence-electron chi connectivity index (χ0n) is 11.6. The molecule has 4 heteroatoms. The van der Waals surface area contributed by atoms with Gasteiger partial charge in [-0.25, -0.2) is 4.79 Å². The van der Waals surface area contributed by atoms with E-state index in [4.69, 9.17) is 9.84 Å². The van der Waals surface area contributed by atoms with Gasteiger partial charge in [0.1, 0.15) is 5.75 Å². The number of thioether (sulfide) groups is 1. The number of carboxylic acids is 1. The summed E-state index contributed by atoms with van der Waals surface area (Å²) in [6.45, 7) is 4.39. The second kappa shape index (κ2) is 7.89. The lowest BCUT2D eigenvalue weighted by Gasteiger charge is -2.09. The smallest absolute Gasteiger partial charge is 0.328 e. The molecule has 0 aliphatic heterocycles. The summed E-state index contributed by atoms with van der Waals surface area (Å²) >= 11 is 1.88. The molecule has 0 aromatic heterocycles. The van der Waals surface area contributed by atoms with Crippen molar-refractivity contribution < 1.29 is 14.6 Å². The van der Waals surface area contributed by atoms with E-state index in [1.807, 2.05) is 30.0 Å². The lowest BCUT2D eigenvalue weighted by Crippen LogP contribution is -1.94. The number of rotatable bonds is 7. The van der Waals surface area contributed by atoms with E-state index >= 15 is 0 Å². The molecule has 0 aliphatic carbocycles.